The van der Waals surface area contributed by atoms with Gasteiger partial charge in [0.25, 0.3) is 0 Å². The molecule has 0 aliphatic carbocycles. The Balaban J connectivity index is 2.51. The third-order valence-corrected chi connectivity index (χ3v) is 13.4. The van der Waals surface area contributed by atoms with Gasteiger partial charge in [-0.05, 0) is 46.6 Å². The molecule has 35 heavy (non-hydrogen) atoms. The standard InChI is InChI=1S/C30H43O2PSi2/c1-20(2)22-14-11-15-23(21(3)4)30(22)33(24-16-12-18-26(28(24)31)34(5,6)7)25-17-13-19-27(29(25)32)35(8,9)10/h11-21,31-32H,1-10H3. The first-order valence-electron chi connectivity index (χ1n) is 12.7. The van der Waals surface area contributed by atoms with Crippen LogP contribution in [-0.4, -0.2) is 26.4 Å². The SMILES string of the molecule is CC(C)c1cccc(C(C)C)c1P(c1cccc([Si](C)(C)C)c1O)c1cccc([Si](C)(C)C)c1O. The molecule has 0 amide bonds. The molecule has 3 aromatic carbocycles. The van der Waals surface area contributed by atoms with Crippen LogP contribution in [0.1, 0.15) is 50.7 Å². The Labute approximate surface area is 216 Å². The van der Waals surface area contributed by atoms with Crippen molar-refractivity contribution in [2.75, 3.05) is 0 Å². The van der Waals surface area contributed by atoms with Crippen molar-refractivity contribution in [2.24, 2.45) is 0 Å². The summed E-state index contributed by atoms with van der Waals surface area (Å²) in [7, 11) is -4.73. The highest BCUT2D eigenvalue weighted by atomic mass is 31.1. The van der Waals surface area contributed by atoms with Crippen molar-refractivity contribution in [3.05, 3.63) is 65.7 Å². The smallest absolute Gasteiger partial charge is 0.123 e. The highest BCUT2D eigenvalue weighted by molar-refractivity contribution is 7.80. The fourth-order valence-electron chi connectivity index (χ4n) is 4.77. The zero-order valence-corrected chi connectivity index (χ0v) is 26.1. The molecule has 0 fully saturated rings. The van der Waals surface area contributed by atoms with Crippen LogP contribution in [-0.2, 0) is 0 Å². The van der Waals surface area contributed by atoms with Crippen molar-refractivity contribution in [3.63, 3.8) is 0 Å². The van der Waals surface area contributed by atoms with E-state index in [1.807, 2.05) is 0 Å². The van der Waals surface area contributed by atoms with Gasteiger partial charge in [0.05, 0.1) is 16.1 Å². The minimum Gasteiger partial charge on any atom is -0.507 e. The Morgan fingerprint density at radius 1 is 0.571 bits per heavy atom. The van der Waals surface area contributed by atoms with Gasteiger partial charge in [-0.3, -0.25) is 0 Å². The van der Waals surface area contributed by atoms with E-state index in [2.05, 4.69) is 122 Å². The van der Waals surface area contributed by atoms with Crippen molar-refractivity contribution in [3.8, 4) is 11.5 Å². The van der Waals surface area contributed by atoms with Crippen LogP contribution in [0.15, 0.2) is 54.6 Å². The topological polar surface area (TPSA) is 40.5 Å². The molecule has 5 heteroatoms. The van der Waals surface area contributed by atoms with E-state index in [1.54, 1.807) is 0 Å². The molecular weight excluding hydrogens is 479 g/mol. The molecule has 0 aliphatic rings. The number of phenols is 2. The van der Waals surface area contributed by atoms with Gasteiger partial charge in [0.1, 0.15) is 11.5 Å². The summed E-state index contributed by atoms with van der Waals surface area (Å²) in [6.45, 7) is 22.6. The van der Waals surface area contributed by atoms with E-state index in [-0.39, 0.29) is 0 Å². The number of para-hydroxylation sites is 2. The lowest BCUT2D eigenvalue weighted by molar-refractivity contribution is 0.483. The maximum atomic E-state index is 11.8. The molecule has 0 spiro atoms. The fraction of sp³-hybridized carbons (Fsp3) is 0.400. The van der Waals surface area contributed by atoms with E-state index in [4.69, 9.17) is 0 Å². The Hall–Kier alpha value is -1.88. The summed E-state index contributed by atoms with van der Waals surface area (Å²) in [6, 6.07) is 19.2. The van der Waals surface area contributed by atoms with Gasteiger partial charge in [0, 0.05) is 10.6 Å². The molecule has 188 valence electrons. The second-order valence-electron chi connectivity index (χ2n) is 12.3. The first-order chi connectivity index (χ1) is 16.2. The van der Waals surface area contributed by atoms with Crippen LogP contribution in [0.3, 0.4) is 0 Å². The molecule has 3 rings (SSSR count). The van der Waals surface area contributed by atoms with Crippen LogP contribution in [0.5, 0.6) is 11.5 Å². The lowest BCUT2D eigenvalue weighted by Crippen LogP contribution is -2.41. The average molecular weight is 523 g/mol. The van der Waals surface area contributed by atoms with Crippen LogP contribution in [0.4, 0.5) is 0 Å². The zero-order chi connectivity index (χ0) is 26.3. The molecular formula is C30H43O2PSi2. The summed E-state index contributed by atoms with van der Waals surface area (Å²) in [6.07, 6.45) is 0. The Morgan fingerprint density at radius 2 is 0.914 bits per heavy atom. The number of aromatic hydroxyl groups is 2. The highest BCUT2D eigenvalue weighted by Crippen LogP contribution is 2.43. The predicted octanol–water partition coefficient (Wildman–Crippen LogP) is 6.19. The van der Waals surface area contributed by atoms with Gasteiger partial charge in [-0.1, -0.05) is 122 Å². The lowest BCUT2D eigenvalue weighted by Gasteiger charge is -2.31. The molecule has 0 unspecified atom stereocenters. The predicted molar refractivity (Wildman–Crippen MR) is 163 cm³/mol. The van der Waals surface area contributed by atoms with Gasteiger partial charge in [0.2, 0.25) is 0 Å². The van der Waals surface area contributed by atoms with Gasteiger partial charge in [-0.2, -0.15) is 0 Å². The number of phenolic OH excluding ortho intramolecular Hbond substituents is 2. The van der Waals surface area contributed by atoms with Gasteiger partial charge in [-0.15, -0.1) is 0 Å². The summed E-state index contributed by atoms with van der Waals surface area (Å²) < 4.78 is 0. The third kappa shape index (κ3) is 5.60. The van der Waals surface area contributed by atoms with Gasteiger partial charge >= 0.3 is 0 Å². The zero-order valence-electron chi connectivity index (χ0n) is 23.2. The minimum absolute atomic E-state index is 0.332. The molecule has 0 saturated carbocycles. The van der Waals surface area contributed by atoms with E-state index < -0.39 is 24.1 Å². The molecule has 3 aromatic rings. The van der Waals surface area contributed by atoms with Crippen LogP contribution >= 0.6 is 7.92 Å². The summed E-state index contributed by atoms with van der Waals surface area (Å²) in [4.78, 5) is 0. The minimum atomic E-state index is -1.78. The molecule has 0 heterocycles. The number of benzene rings is 3. The van der Waals surface area contributed by atoms with Crippen molar-refractivity contribution in [1.82, 2.24) is 0 Å². The molecule has 2 N–H and O–H groups in total. The van der Waals surface area contributed by atoms with Crippen molar-refractivity contribution in [2.45, 2.75) is 78.8 Å². The quantitative estimate of drug-likeness (QED) is 0.287. The normalized spacial score (nSPS) is 12.7. The third-order valence-electron chi connectivity index (χ3n) is 6.69. The van der Waals surface area contributed by atoms with Crippen molar-refractivity contribution >= 4 is 50.4 Å². The summed E-state index contributed by atoms with van der Waals surface area (Å²) in [5.74, 6) is 1.50. The maximum Gasteiger partial charge on any atom is 0.123 e. The van der Waals surface area contributed by atoms with Crippen LogP contribution in [0.25, 0.3) is 0 Å². The van der Waals surface area contributed by atoms with Crippen molar-refractivity contribution in [1.29, 1.82) is 0 Å². The maximum absolute atomic E-state index is 11.8. The van der Waals surface area contributed by atoms with E-state index in [0.29, 0.717) is 23.3 Å². The molecule has 0 bridgehead atoms. The molecule has 0 atom stereocenters. The second kappa shape index (κ2) is 10.2. The van der Waals surface area contributed by atoms with Crippen LogP contribution < -0.4 is 26.3 Å². The Morgan fingerprint density at radius 3 is 1.23 bits per heavy atom. The Bertz CT molecular complexity index is 1110. The van der Waals surface area contributed by atoms with Gasteiger partial charge in [-0.25, -0.2) is 0 Å². The average Bonchev–Trinajstić information content (AvgIpc) is 2.74. The second-order valence-corrected chi connectivity index (χ2v) is 24.4. The first kappa shape index (κ1) is 27.7. The molecule has 0 radical (unpaired) electrons. The van der Waals surface area contributed by atoms with Crippen LogP contribution in [0, 0.1) is 0 Å². The monoisotopic (exact) mass is 522 g/mol. The summed E-state index contributed by atoms with van der Waals surface area (Å²) >= 11 is 0. The Kier molecular flexibility index (Phi) is 8.11. The largest absolute Gasteiger partial charge is 0.507 e. The highest BCUT2D eigenvalue weighted by Gasteiger charge is 2.33. The van der Waals surface area contributed by atoms with E-state index in [0.717, 1.165) is 21.0 Å². The summed E-state index contributed by atoms with van der Waals surface area (Å²) in [5, 5.41) is 28.9. The summed E-state index contributed by atoms with van der Waals surface area (Å²) in [5.41, 5.74) is 2.61. The number of hydrogen-bond donors (Lipinski definition) is 2. The number of rotatable bonds is 7. The fourth-order valence-corrected chi connectivity index (χ4v) is 10.9. The van der Waals surface area contributed by atoms with E-state index in [9.17, 15) is 10.2 Å². The molecule has 0 aromatic heterocycles. The van der Waals surface area contributed by atoms with E-state index in [1.165, 1.54) is 16.4 Å². The first-order valence-corrected chi connectivity index (χ1v) is 21.1. The van der Waals surface area contributed by atoms with Crippen LogP contribution in [0.2, 0.25) is 39.3 Å². The molecule has 0 aliphatic heterocycles. The molecule has 2 nitrogen and oxygen atoms in total. The molecule has 0 saturated heterocycles. The van der Waals surface area contributed by atoms with E-state index >= 15 is 0 Å². The van der Waals surface area contributed by atoms with Gasteiger partial charge < -0.3 is 10.2 Å². The van der Waals surface area contributed by atoms with Crippen molar-refractivity contribution < 1.29 is 10.2 Å². The lowest BCUT2D eigenvalue weighted by atomic mass is 9.95. The van der Waals surface area contributed by atoms with Gasteiger partial charge in [0.15, 0.2) is 0 Å². The number of hydrogen-bond acceptors (Lipinski definition) is 2.